The van der Waals surface area contributed by atoms with Crippen molar-refractivity contribution in [3.63, 3.8) is 0 Å². The first-order valence-electron chi connectivity index (χ1n) is 5.29. The minimum atomic E-state index is -4.55. The predicted octanol–water partition coefficient (Wildman–Crippen LogP) is 2.17. The van der Waals surface area contributed by atoms with Crippen LogP contribution in [0.15, 0.2) is 18.5 Å². The number of halogens is 3. The maximum atomic E-state index is 12.9. The second-order valence-electron chi connectivity index (χ2n) is 3.85. The van der Waals surface area contributed by atoms with Crippen LogP contribution in [0.4, 0.5) is 18.9 Å². The van der Waals surface area contributed by atoms with Gasteiger partial charge >= 0.3 is 6.18 Å². The molecule has 0 spiro atoms. The number of rotatable bonds is 3. The summed E-state index contributed by atoms with van der Waals surface area (Å²) in [6.45, 7) is 0. The standard InChI is InChI=1S/C11H12F3N3O2/c1-18-9-6(10(19-2)11(12,13)14)3-4-17-8(9)7(15)5-16-17/h3-5,10H,15H2,1-2H3/t10-/m0/s1. The molecule has 8 heteroatoms. The van der Waals surface area contributed by atoms with Gasteiger partial charge in [-0.2, -0.15) is 18.3 Å². The van der Waals surface area contributed by atoms with Crippen molar-refractivity contribution in [3.05, 3.63) is 24.0 Å². The molecule has 2 aromatic rings. The van der Waals surface area contributed by atoms with Gasteiger partial charge in [-0.25, -0.2) is 4.52 Å². The van der Waals surface area contributed by atoms with Crippen molar-refractivity contribution in [1.29, 1.82) is 0 Å². The largest absolute Gasteiger partial charge is 0.494 e. The number of nitrogens with zero attached hydrogens (tertiary/aromatic N) is 2. The summed E-state index contributed by atoms with van der Waals surface area (Å²) >= 11 is 0. The van der Waals surface area contributed by atoms with Crippen LogP contribution in [-0.4, -0.2) is 30.0 Å². The van der Waals surface area contributed by atoms with E-state index >= 15 is 0 Å². The highest BCUT2D eigenvalue weighted by Gasteiger charge is 2.43. The lowest BCUT2D eigenvalue weighted by Gasteiger charge is -2.21. The lowest BCUT2D eigenvalue weighted by Crippen LogP contribution is -2.23. The highest BCUT2D eigenvalue weighted by atomic mass is 19.4. The van der Waals surface area contributed by atoms with E-state index in [-0.39, 0.29) is 22.5 Å². The maximum Gasteiger partial charge on any atom is 0.418 e. The number of fused-ring (bicyclic) bond motifs is 1. The van der Waals surface area contributed by atoms with Gasteiger partial charge in [-0.15, -0.1) is 0 Å². The second kappa shape index (κ2) is 4.61. The Morgan fingerprint density at radius 1 is 1.37 bits per heavy atom. The highest BCUT2D eigenvalue weighted by Crippen LogP contribution is 2.41. The quantitative estimate of drug-likeness (QED) is 0.932. The topological polar surface area (TPSA) is 61.8 Å². The van der Waals surface area contributed by atoms with E-state index in [1.165, 1.54) is 30.1 Å². The summed E-state index contributed by atoms with van der Waals surface area (Å²) in [4.78, 5) is 0. The summed E-state index contributed by atoms with van der Waals surface area (Å²) in [5.74, 6) is 0.00155. The van der Waals surface area contributed by atoms with E-state index in [1.54, 1.807) is 0 Å². The number of methoxy groups -OCH3 is 2. The van der Waals surface area contributed by atoms with E-state index in [9.17, 15) is 13.2 Å². The molecule has 1 atom stereocenters. The molecule has 5 nitrogen and oxygen atoms in total. The van der Waals surface area contributed by atoms with Gasteiger partial charge in [0.25, 0.3) is 0 Å². The van der Waals surface area contributed by atoms with Crippen LogP contribution < -0.4 is 10.5 Å². The molecule has 0 aliphatic carbocycles. The molecule has 0 radical (unpaired) electrons. The molecular formula is C11H12F3N3O2. The van der Waals surface area contributed by atoms with E-state index in [0.717, 1.165) is 7.11 Å². The third-order valence-electron chi connectivity index (χ3n) is 2.72. The maximum absolute atomic E-state index is 12.9. The Morgan fingerprint density at radius 2 is 2.05 bits per heavy atom. The smallest absolute Gasteiger partial charge is 0.418 e. The highest BCUT2D eigenvalue weighted by molar-refractivity contribution is 5.78. The first-order valence-corrected chi connectivity index (χ1v) is 5.29. The molecular weight excluding hydrogens is 263 g/mol. The molecule has 0 saturated heterocycles. The molecule has 2 heterocycles. The van der Waals surface area contributed by atoms with E-state index in [0.29, 0.717) is 0 Å². The number of aromatic nitrogens is 2. The van der Waals surface area contributed by atoms with Gasteiger partial charge in [0.1, 0.15) is 5.52 Å². The minimum Gasteiger partial charge on any atom is -0.494 e. The zero-order chi connectivity index (χ0) is 14.2. The number of anilines is 1. The molecule has 0 unspecified atom stereocenters. The van der Waals surface area contributed by atoms with Crippen LogP contribution >= 0.6 is 0 Å². The fourth-order valence-electron chi connectivity index (χ4n) is 1.94. The van der Waals surface area contributed by atoms with Crippen LogP contribution in [0.1, 0.15) is 11.7 Å². The Hall–Kier alpha value is -1.96. The number of hydrogen-bond acceptors (Lipinski definition) is 4. The molecule has 2 aromatic heterocycles. The summed E-state index contributed by atoms with van der Waals surface area (Å²) in [6.07, 6.45) is -3.91. The first-order chi connectivity index (χ1) is 8.90. The van der Waals surface area contributed by atoms with Crippen molar-refractivity contribution >= 4 is 11.2 Å². The first kappa shape index (κ1) is 13.5. The predicted molar refractivity (Wildman–Crippen MR) is 62.0 cm³/mol. The van der Waals surface area contributed by atoms with E-state index in [2.05, 4.69) is 9.84 Å². The fourth-order valence-corrected chi connectivity index (χ4v) is 1.94. The van der Waals surface area contributed by atoms with Crippen LogP contribution in [0.2, 0.25) is 0 Å². The molecule has 2 rings (SSSR count). The second-order valence-corrected chi connectivity index (χ2v) is 3.85. The number of ether oxygens (including phenoxy) is 2. The molecule has 0 fully saturated rings. The molecule has 0 bridgehead atoms. The molecule has 0 saturated carbocycles. The zero-order valence-electron chi connectivity index (χ0n) is 10.2. The number of nitrogen functional groups attached to an aromatic ring is 1. The molecule has 2 N–H and O–H groups in total. The van der Waals surface area contributed by atoms with Crippen LogP contribution in [0.5, 0.6) is 5.75 Å². The van der Waals surface area contributed by atoms with Crippen molar-refractivity contribution in [2.75, 3.05) is 20.0 Å². The van der Waals surface area contributed by atoms with Gasteiger partial charge < -0.3 is 15.2 Å². The zero-order valence-corrected chi connectivity index (χ0v) is 10.2. The van der Waals surface area contributed by atoms with Gasteiger partial charge in [-0.05, 0) is 6.07 Å². The van der Waals surface area contributed by atoms with Gasteiger partial charge in [0.05, 0.1) is 19.0 Å². The minimum absolute atomic E-state index is 0.00155. The average Bonchev–Trinajstić information content (AvgIpc) is 2.70. The fraction of sp³-hybridized carbons (Fsp3) is 0.364. The Morgan fingerprint density at radius 3 is 2.58 bits per heavy atom. The lowest BCUT2D eigenvalue weighted by atomic mass is 10.1. The summed E-state index contributed by atoms with van der Waals surface area (Å²) in [6, 6.07) is 1.25. The molecule has 104 valence electrons. The molecule has 19 heavy (non-hydrogen) atoms. The average molecular weight is 275 g/mol. The number of alkyl halides is 3. The number of hydrogen-bond donors (Lipinski definition) is 1. The summed E-state index contributed by atoms with van der Waals surface area (Å²) in [7, 11) is 2.26. The molecule has 0 aromatic carbocycles. The Balaban J connectivity index is 2.69. The van der Waals surface area contributed by atoms with Gasteiger partial charge in [-0.3, -0.25) is 0 Å². The van der Waals surface area contributed by atoms with Gasteiger partial charge in [0, 0.05) is 18.9 Å². The third-order valence-corrected chi connectivity index (χ3v) is 2.72. The van der Waals surface area contributed by atoms with Crippen molar-refractivity contribution < 1.29 is 22.6 Å². The van der Waals surface area contributed by atoms with Crippen LogP contribution in [0.25, 0.3) is 5.52 Å². The van der Waals surface area contributed by atoms with E-state index in [1.807, 2.05) is 0 Å². The summed E-state index contributed by atoms with van der Waals surface area (Å²) < 4.78 is 49.7. The SMILES string of the molecule is COc1c([C@H](OC)C(F)(F)F)ccn2ncc(N)c12. The lowest BCUT2D eigenvalue weighted by molar-refractivity contribution is -0.216. The van der Waals surface area contributed by atoms with Crippen molar-refractivity contribution in [2.45, 2.75) is 12.3 Å². The van der Waals surface area contributed by atoms with Crippen LogP contribution in [-0.2, 0) is 4.74 Å². The molecule has 0 aliphatic rings. The summed E-state index contributed by atoms with van der Waals surface area (Å²) in [5, 5.41) is 3.90. The van der Waals surface area contributed by atoms with Crippen LogP contribution in [0.3, 0.4) is 0 Å². The number of nitrogens with two attached hydrogens (primary N) is 1. The van der Waals surface area contributed by atoms with Gasteiger partial charge in [0.2, 0.25) is 0 Å². The van der Waals surface area contributed by atoms with Crippen molar-refractivity contribution in [1.82, 2.24) is 9.61 Å². The van der Waals surface area contributed by atoms with Crippen molar-refractivity contribution in [3.8, 4) is 5.75 Å². The Bertz CT molecular complexity index is 595. The van der Waals surface area contributed by atoms with Gasteiger partial charge in [0.15, 0.2) is 11.9 Å². The third kappa shape index (κ3) is 2.19. The molecule has 0 amide bonds. The Kier molecular flexibility index (Phi) is 3.27. The van der Waals surface area contributed by atoms with Crippen molar-refractivity contribution in [2.24, 2.45) is 0 Å². The Labute approximate surface area is 106 Å². The normalized spacial score (nSPS) is 13.7. The monoisotopic (exact) mass is 275 g/mol. The van der Waals surface area contributed by atoms with Crippen LogP contribution in [0, 0.1) is 0 Å². The molecule has 0 aliphatic heterocycles. The van der Waals surface area contributed by atoms with Gasteiger partial charge in [-0.1, -0.05) is 0 Å². The summed E-state index contributed by atoms with van der Waals surface area (Å²) in [5.41, 5.74) is 6.06. The van der Waals surface area contributed by atoms with E-state index < -0.39 is 12.3 Å². The van der Waals surface area contributed by atoms with E-state index in [4.69, 9.17) is 10.5 Å². The number of pyridine rings is 1.